The van der Waals surface area contributed by atoms with Crippen LogP contribution in [0.3, 0.4) is 0 Å². The van der Waals surface area contributed by atoms with E-state index in [0.717, 1.165) is 32.5 Å². The van der Waals surface area contributed by atoms with Gasteiger partial charge in [0.2, 0.25) is 11.8 Å². The van der Waals surface area contributed by atoms with Crippen LogP contribution in [0.1, 0.15) is 32.6 Å². The van der Waals surface area contributed by atoms with Gasteiger partial charge >= 0.3 is 0 Å². The molecule has 2 bridgehead atoms. The first-order valence-corrected chi connectivity index (χ1v) is 7.84. The largest absolute Gasteiger partial charge is 0.372 e. The van der Waals surface area contributed by atoms with Crippen LogP contribution in [-0.2, 0) is 14.3 Å². The summed E-state index contributed by atoms with van der Waals surface area (Å²) in [6.45, 7) is 5.12. The van der Waals surface area contributed by atoms with Crippen molar-refractivity contribution in [3.05, 3.63) is 0 Å². The normalized spacial score (nSPS) is 33.0. The highest BCUT2D eigenvalue weighted by Gasteiger charge is 2.44. The van der Waals surface area contributed by atoms with E-state index in [0.29, 0.717) is 36.8 Å². The van der Waals surface area contributed by atoms with Gasteiger partial charge in [-0.05, 0) is 38.0 Å². The van der Waals surface area contributed by atoms with Crippen LogP contribution in [0.4, 0.5) is 0 Å². The summed E-state index contributed by atoms with van der Waals surface area (Å²) in [5.41, 5.74) is 0. The number of hydrogen-bond donors (Lipinski definition) is 0. The summed E-state index contributed by atoms with van der Waals surface area (Å²) in [6.07, 6.45) is 4.00. The van der Waals surface area contributed by atoms with Crippen molar-refractivity contribution in [1.82, 2.24) is 9.80 Å². The number of fused-ring (bicyclic) bond motifs is 4. The van der Waals surface area contributed by atoms with Gasteiger partial charge in [-0.15, -0.1) is 0 Å². The fraction of sp³-hybridized carbons (Fsp3) is 0.867. The Morgan fingerprint density at radius 2 is 2.20 bits per heavy atom. The molecule has 0 aromatic heterocycles. The lowest BCUT2D eigenvalue weighted by Gasteiger charge is -2.52. The first-order chi connectivity index (χ1) is 9.69. The summed E-state index contributed by atoms with van der Waals surface area (Å²) in [5.74, 6) is 1.36. The van der Waals surface area contributed by atoms with E-state index >= 15 is 0 Å². The lowest BCUT2D eigenvalue weighted by molar-refractivity contribution is -0.150. The minimum atomic E-state index is 0.108. The van der Waals surface area contributed by atoms with Gasteiger partial charge < -0.3 is 14.5 Å². The number of likely N-dealkylation sites (tertiary alicyclic amines) is 1. The van der Waals surface area contributed by atoms with E-state index in [1.54, 1.807) is 0 Å². The van der Waals surface area contributed by atoms with Crippen LogP contribution in [-0.4, -0.2) is 60.5 Å². The zero-order valence-electron chi connectivity index (χ0n) is 12.2. The van der Waals surface area contributed by atoms with Gasteiger partial charge in [0.25, 0.3) is 0 Å². The Balaban J connectivity index is 1.66. The molecular formula is C15H24N2O3. The van der Waals surface area contributed by atoms with Gasteiger partial charge in [-0.25, -0.2) is 0 Å². The van der Waals surface area contributed by atoms with E-state index < -0.39 is 0 Å². The molecule has 3 aliphatic rings. The number of carbonyl (C=O) groups excluding carboxylic acids is 2. The van der Waals surface area contributed by atoms with Crippen molar-refractivity contribution < 1.29 is 14.3 Å². The van der Waals surface area contributed by atoms with E-state index in [4.69, 9.17) is 4.74 Å². The number of piperidine rings is 3. The molecule has 0 N–H and O–H groups in total. The number of hydrogen-bond acceptors (Lipinski definition) is 3. The maximum Gasteiger partial charge on any atom is 0.248 e. The van der Waals surface area contributed by atoms with Crippen molar-refractivity contribution in [3.63, 3.8) is 0 Å². The van der Waals surface area contributed by atoms with Gasteiger partial charge in [-0.1, -0.05) is 0 Å². The molecule has 3 aliphatic heterocycles. The second-order valence-corrected chi connectivity index (χ2v) is 6.30. The summed E-state index contributed by atoms with van der Waals surface area (Å²) >= 11 is 0. The molecular weight excluding hydrogens is 256 g/mol. The lowest BCUT2D eigenvalue weighted by Crippen LogP contribution is -2.61. The molecule has 3 saturated heterocycles. The fourth-order valence-electron chi connectivity index (χ4n) is 4.09. The third-order valence-corrected chi connectivity index (χ3v) is 4.96. The average Bonchev–Trinajstić information content (AvgIpc) is 2.46. The van der Waals surface area contributed by atoms with Crippen molar-refractivity contribution in [3.8, 4) is 0 Å². The van der Waals surface area contributed by atoms with E-state index in [1.807, 2.05) is 11.8 Å². The quantitative estimate of drug-likeness (QED) is 0.771. The fourth-order valence-corrected chi connectivity index (χ4v) is 4.09. The van der Waals surface area contributed by atoms with Crippen molar-refractivity contribution in [2.24, 2.45) is 11.8 Å². The monoisotopic (exact) mass is 280 g/mol. The Morgan fingerprint density at radius 1 is 1.35 bits per heavy atom. The van der Waals surface area contributed by atoms with Gasteiger partial charge in [-0.2, -0.15) is 0 Å². The summed E-state index contributed by atoms with van der Waals surface area (Å²) in [7, 11) is 0. The summed E-state index contributed by atoms with van der Waals surface area (Å²) in [4.78, 5) is 28.2. The van der Waals surface area contributed by atoms with Gasteiger partial charge in [0, 0.05) is 38.7 Å². The predicted octanol–water partition coefficient (Wildman–Crippen LogP) is 0.882. The summed E-state index contributed by atoms with van der Waals surface area (Å²) in [5, 5.41) is 0. The molecule has 2 amide bonds. The molecule has 3 rings (SSSR count). The average molecular weight is 280 g/mol. The van der Waals surface area contributed by atoms with Crippen LogP contribution in [0.15, 0.2) is 0 Å². The second kappa shape index (κ2) is 5.72. The molecule has 2 unspecified atom stereocenters. The minimum absolute atomic E-state index is 0.108. The summed E-state index contributed by atoms with van der Waals surface area (Å²) in [6, 6.07) is 0.371. The van der Waals surface area contributed by atoms with Gasteiger partial charge in [0.05, 0.1) is 0 Å². The molecule has 5 nitrogen and oxygen atoms in total. The zero-order chi connectivity index (χ0) is 14.1. The zero-order valence-corrected chi connectivity index (χ0v) is 12.2. The molecule has 3 heterocycles. The second-order valence-electron chi connectivity index (χ2n) is 6.30. The Kier molecular flexibility index (Phi) is 3.96. The molecule has 3 fully saturated rings. The van der Waals surface area contributed by atoms with Crippen molar-refractivity contribution in [2.45, 2.75) is 38.6 Å². The Hall–Kier alpha value is -1.10. The topological polar surface area (TPSA) is 49.9 Å². The van der Waals surface area contributed by atoms with Gasteiger partial charge in [-0.3, -0.25) is 9.59 Å². The highest BCUT2D eigenvalue weighted by molar-refractivity contribution is 5.78. The molecule has 20 heavy (non-hydrogen) atoms. The maximum atomic E-state index is 12.1. The Labute approximate surface area is 120 Å². The predicted molar refractivity (Wildman–Crippen MR) is 74.0 cm³/mol. The van der Waals surface area contributed by atoms with Crippen LogP contribution in [0, 0.1) is 11.8 Å². The van der Waals surface area contributed by atoms with Gasteiger partial charge in [0.15, 0.2) is 0 Å². The molecule has 0 saturated carbocycles. The smallest absolute Gasteiger partial charge is 0.248 e. The number of amides is 2. The number of nitrogens with zero attached hydrogens (tertiary/aromatic N) is 2. The van der Waals surface area contributed by atoms with Crippen molar-refractivity contribution >= 4 is 11.8 Å². The van der Waals surface area contributed by atoms with Crippen LogP contribution in [0.25, 0.3) is 0 Å². The van der Waals surface area contributed by atoms with E-state index in [-0.39, 0.29) is 12.5 Å². The van der Waals surface area contributed by atoms with Crippen LogP contribution in [0.2, 0.25) is 0 Å². The van der Waals surface area contributed by atoms with Crippen LogP contribution < -0.4 is 0 Å². The van der Waals surface area contributed by atoms with E-state index in [1.165, 1.54) is 6.42 Å². The molecule has 0 spiro atoms. The van der Waals surface area contributed by atoms with Crippen molar-refractivity contribution in [2.75, 3.05) is 32.8 Å². The molecule has 112 valence electrons. The molecule has 0 radical (unpaired) electrons. The first-order valence-electron chi connectivity index (χ1n) is 7.84. The van der Waals surface area contributed by atoms with Crippen LogP contribution in [0.5, 0.6) is 0 Å². The maximum absolute atomic E-state index is 12.1. The molecule has 0 aromatic rings. The Bertz CT molecular complexity index is 399. The number of ether oxygens (including phenoxy) is 1. The number of carbonyl (C=O) groups is 2. The molecule has 0 aromatic carbocycles. The highest BCUT2D eigenvalue weighted by atomic mass is 16.5. The molecule has 3 atom stereocenters. The number of rotatable bonds is 3. The van der Waals surface area contributed by atoms with E-state index in [2.05, 4.69) is 4.90 Å². The summed E-state index contributed by atoms with van der Waals surface area (Å²) < 4.78 is 5.24. The van der Waals surface area contributed by atoms with Gasteiger partial charge in [0.1, 0.15) is 6.61 Å². The third-order valence-electron chi connectivity index (χ3n) is 4.96. The standard InChI is InChI=1S/C15H24N2O3/c1-2-20-10-15(19)16-7-11-6-12(9-16)13-4-3-5-14(18)17(13)8-11/h11-13H,2-10H2,1H3/t11?,12?,13-/m1/s1. The Morgan fingerprint density at radius 3 is 3.00 bits per heavy atom. The SMILES string of the molecule is CCOCC(=O)N1CC2CC(C1)[C@H]1CCCC(=O)N1C2. The van der Waals surface area contributed by atoms with E-state index in [9.17, 15) is 9.59 Å². The molecule has 5 heteroatoms. The lowest BCUT2D eigenvalue weighted by atomic mass is 9.76. The first kappa shape index (κ1) is 13.9. The molecule has 0 aliphatic carbocycles. The van der Waals surface area contributed by atoms with Crippen molar-refractivity contribution in [1.29, 1.82) is 0 Å². The minimum Gasteiger partial charge on any atom is -0.372 e. The van der Waals surface area contributed by atoms with Crippen LogP contribution >= 0.6 is 0 Å². The highest BCUT2D eigenvalue weighted by Crippen LogP contribution is 2.37. The third kappa shape index (κ3) is 2.55.